The van der Waals surface area contributed by atoms with E-state index in [2.05, 4.69) is 10.3 Å². The van der Waals surface area contributed by atoms with Crippen molar-refractivity contribution in [3.8, 4) is 0 Å². The fourth-order valence-electron chi connectivity index (χ4n) is 3.69. The quantitative estimate of drug-likeness (QED) is 0.747. The average Bonchev–Trinajstić information content (AvgIpc) is 3.15. The molecular weight excluding hydrogens is 342 g/mol. The molecule has 0 aliphatic carbocycles. The number of aromatic nitrogens is 1. The number of nitrogens with one attached hydrogen (secondary N) is 1. The number of carboxylic acid groups (broad SMARTS) is 1. The molecule has 2 heterocycles. The van der Waals surface area contributed by atoms with E-state index >= 15 is 0 Å². The van der Waals surface area contributed by atoms with Gasteiger partial charge in [0.15, 0.2) is 0 Å². The molecule has 1 aliphatic heterocycles. The molecule has 1 saturated heterocycles. The smallest absolute Gasteiger partial charge is 0.407 e. The SMILES string of the molecule is O=C(Nc1nccc2ccccc12)[C@H]1CN(C(=O)O)C[C@@H]1c1ccccc1. The molecule has 27 heavy (non-hydrogen) atoms. The first-order valence-electron chi connectivity index (χ1n) is 8.81. The van der Waals surface area contributed by atoms with Crippen molar-refractivity contribution >= 4 is 28.6 Å². The number of hydrogen-bond acceptors (Lipinski definition) is 3. The molecule has 2 N–H and O–H groups in total. The molecule has 2 aromatic carbocycles. The molecule has 0 spiro atoms. The number of likely N-dealkylation sites (tertiary alicyclic amines) is 1. The topological polar surface area (TPSA) is 82.5 Å². The van der Waals surface area contributed by atoms with Crippen LogP contribution >= 0.6 is 0 Å². The Morgan fingerprint density at radius 1 is 1.00 bits per heavy atom. The van der Waals surface area contributed by atoms with Crippen LogP contribution in [0.3, 0.4) is 0 Å². The lowest BCUT2D eigenvalue weighted by Gasteiger charge is -2.18. The Morgan fingerprint density at radius 3 is 2.52 bits per heavy atom. The van der Waals surface area contributed by atoms with Crippen molar-refractivity contribution in [3.05, 3.63) is 72.4 Å². The highest BCUT2D eigenvalue weighted by Gasteiger charge is 2.40. The van der Waals surface area contributed by atoms with Crippen molar-refractivity contribution in [1.29, 1.82) is 0 Å². The Morgan fingerprint density at radius 2 is 1.74 bits per heavy atom. The van der Waals surface area contributed by atoms with Crippen molar-refractivity contribution in [2.24, 2.45) is 5.92 Å². The van der Waals surface area contributed by atoms with E-state index in [1.165, 1.54) is 4.90 Å². The largest absolute Gasteiger partial charge is 0.465 e. The number of nitrogens with zero attached hydrogens (tertiary/aromatic N) is 2. The van der Waals surface area contributed by atoms with Crippen molar-refractivity contribution in [2.75, 3.05) is 18.4 Å². The van der Waals surface area contributed by atoms with E-state index in [4.69, 9.17) is 0 Å². The zero-order valence-electron chi connectivity index (χ0n) is 14.6. The second-order valence-corrected chi connectivity index (χ2v) is 6.68. The van der Waals surface area contributed by atoms with Crippen LogP contribution < -0.4 is 5.32 Å². The van der Waals surface area contributed by atoms with Gasteiger partial charge in [0.25, 0.3) is 0 Å². The number of rotatable bonds is 3. The predicted octanol–water partition coefficient (Wildman–Crippen LogP) is 3.57. The van der Waals surface area contributed by atoms with Crippen LogP contribution in [-0.4, -0.2) is 40.1 Å². The number of hydrogen-bond donors (Lipinski definition) is 2. The fourth-order valence-corrected chi connectivity index (χ4v) is 3.69. The number of amides is 2. The highest BCUT2D eigenvalue weighted by molar-refractivity contribution is 6.01. The van der Waals surface area contributed by atoms with Crippen molar-refractivity contribution in [2.45, 2.75) is 5.92 Å². The lowest BCUT2D eigenvalue weighted by atomic mass is 9.88. The Labute approximate surface area is 156 Å². The predicted molar refractivity (Wildman–Crippen MR) is 103 cm³/mol. The third-order valence-corrected chi connectivity index (χ3v) is 5.07. The summed E-state index contributed by atoms with van der Waals surface area (Å²) in [6.45, 7) is 0.478. The summed E-state index contributed by atoms with van der Waals surface area (Å²) in [4.78, 5) is 30.1. The lowest BCUT2D eigenvalue weighted by molar-refractivity contribution is -0.119. The Kier molecular flexibility index (Phi) is 4.46. The second-order valence-electron chi connectivity index (χ2n) is 6.68. The van der Waals surface area contributed by atoms with Gasteiger partial charge in [0.05, 0.1) is 5.92 Å². The van der Waals surface area contributed by atoms with Crippen LogP contribution in [0.2, 0.25) is 0 Å². The summed E-state index contributed by atoms with van der Waals surface area (Å²) in [7, 11) is 0. The lowest BCUT2D eigenvalue weighted by Crippen LogP contribution is -2.31. The van der Waals surface area contributed by atoms with Gasteiger partial charge in [0, 0.05) is 30.6 Å². The summed E-state index contributed by atoms with van der Waals surface area (Å²) in [6.07, 6.45) is 0.652. The van der Waals surface area contributed by atoms with Crippen LogP contribution in [0, 0.1) is 5.92 Å². The van der Waals surface area contributed by atoms with Gasteiger partial charge in [-0.1, -0.05) is 54.6 Å². The van der Waals surface area contributed by atoms with Gasteiger partial charge >= 0.3 is 6.09 Å². The van der Waals surface area contributed by atoms with Crippen molar-refractivity contribution < 1.29 is 14.7 Å². The Hall–Kier alpha value is -3.41. The van der Waals surface area contributed by atoms with Gasteiger partial charge in [-0.15, -0.1) is 0 Å². The highest BCUT2D eigenvalue weighted by atomic mass is 16.4. The minimum Gasteiger partial charge on any atom is -0.465 e. The fraction of sp³-hybridized carbons (Fsp3) is 0.190. The summed E-state index contributed by atoms with van der Waals surface area (Å²) >= 11 is 0. The number of carbonyl (C=O) groups excluding carboxylic acids is 1. The maximum absolute atomic E-state index is 13.0. The number of fused-ring (bicyclic) bond motifs is 1. The van der Waals surface area contributed by atoms with Crippen LogP contribution in [0.15, 0.2) is 66.9 Å². The summed E-state index contributed by atoms with van der Waals surface area (Å²) in [5.74, 6) is -0.364. The molecule has 4 rings (SSSR count). The number of carbonyl (C=O) groups is 2. The van der Waals surface area contributed by atoms with Gasteiger partial charge in [-0.25, -0.2) is 9.78 Å². The summed E-state index contributed by atoms with van der Waals surface area (Å²) in [6, 6.07) is 19.2. The highest BCUT2D eigenvalue weighted by Crippen LogP contribution is 2.34. The van der Waals surface area contributed by atoms with Gasteiger partial charge in [-0.2, -0.15) is 0 Å². The molecule has 1 aliphatic rings. The molecule has 2 atom stereocenters. The second kappa shape index (κ2) is 7.07. The van der Waals surface area contributed by atoms with Gasteiger partial charge in [0.1, 0.15) is 5.82 Å². The first-order chi connectivity index (χ1) is 13.1. The van der Waals surface area contributed by atoms with E-state index in [0.717, 1.165) is 16.3 Å². The van der Waals surface area contributed by atoms with E-state index in [9.17, 15) is 14.7 Å². The van der Waals surface area contributed by atoms with E-state index in [-0.39, 0.29) is 18.4 Å². The first-order valence-corrected chi connectivity index (χ1v) is 8.81. The van der Waals surface area contributed by atoms with E-state index in [0.29, 0.717) is 12.4 Å². The first kappa shape index (κ1) is 17.0. The number of pyridine rings is 1. The molecule has 136 valence electrons. The summed E-state index contributed by atoms with van der Waals surface area (Å²) in [5, 5.41) is 14.2. The van der Waals surface area contributed by atoms with E-state index in [1.54, 1.807) is 6.20 Å². The summed E-state index contributed by atoms with van der Waals surface area (Å²) in [5.41, 5.74) is 0.965. The molecule has 1 aromatic heterocycles. The molecule has 2 amide bonds. The van der Waals surface area contributed by atoms with Crippen LogP contribution in [0.25, 0.3) is 10.8 Å². The van der Waals surface area contributed by atoms with Gasteiger partial charge < -0.3 is 15.3 Å². The van der Waals surface area contributed by atoms with E-state index in [1.807, 2.05) is 60.7 Å². The third kappa shape index (κ3) is 3.33. The minimum absolute atomic E-state index is 0.172. The number of benzene rings is 2. The molecule has 3 aromatic rings. The average molecular weight is 361 g/mol. The zero-order chi connectivity index (χ0) is 18.8. The Balaban J connectivity index is 1.63. The van der Waals surface area contributed by atoms with Crippen molar-refractivity contribution in [1.82, 2.24) is 9.88 Å². The molecule has 0 bridgehead atoms. The molecular formula is C21H19N3O3. The standard InChI is InChI=1S/C21H19N3O3/c25-20(23-19-16-9-5-4-8-15(16)10-11-22-19)18-13-24(21(26)27)12-17(18)14-6-2-1-3-7-14/h1-11,17-18H,12-13H2,(H,26,27)(H,22,23,25)/t17-,18+/m1/s1. The Bertz CT molecular complexity index is 985. The van der Waals surface area contributed by atoms with Gasteiger partial charge in [-0.3, -0.25) is 4.79 Å². The van der Waals surface area contributed by atoms with Crippen LogP contribution in [-0.2, 0) is 4.79 Å². The maximum Gasteiger partial charge on any atom is 0.407 e. The molecule has 0 radical (unpaired) electrons. The molecule has 0 unspecified atom stereocenters. The third-order valence-electron chi connectivity index (χ3n) is 5.07. The van der Waals surface area contributed by atoms with Crippen LogP contribution in [0.1, 0.15) is 11.5 Å². The van der Waals surface area contributed by atoms with Gasteiger partial charge in [-0.05, 0) is 17.0 Å². The monoisotopic (exact) mass is 361 g/mol. The molecule has 6 heteroatoms. The maximum atomic E-state index is 13.0. The molecule has 1 fully saturated rings. The van der Waals surface area contributed by atoms with Gasteiger partial charge in [0.2, 0.25) is 5.91 Å². The van der Waals surface area contributed by atoms with Crippen molar-refractivity contribution in [3.63, 3.8) is 0 Å². The normalized spacial score (nSPS) is 19.2. The van der Waals surface area contributed by atoms with Crippen LogP contribution in [0.5, 0.6) is 0 Å². The summed E-state index contributed by atoms with van der Waals surface area (Å²) < 4.78 is 0. The zero-order valence-corrected chi connectivity index (χ0v) is 14.6. The molecule has 0 saturated carbocycles. The minimum atomic E-state index is -1.01. The molecule has 6 nitrogen and oxygen atoms in total. The number of anilines is 1. The van der Waals surface area contributed by atoms with Crippen LogP contribution in [0.4, 0.5) is 10.6 Å². The van der Waals surface area contributed by atoms with E-state index < -0.39 is 12.0 Å².